The molecule has 1 saturated carbocycles. The van der Waals surface area contributed by atoms with Crippen LogP contribution in [0.15, 0.2) is 54.6 Å². The van der Waals surface area contributed by atoms with E-state index >= 15 is 0 Å². The van der Waals surface area contributed by atoms with E-state index < -0.39 is 18.3 Å². The first-order valence-corrected chi connectivity index (χ1v) is 14.1. The Kier molecular flexibility index (Phi) is 10.7. The van der Waals surface area contributed by atoms with Crippen molar-refractivity contribution in [3.8, 4) is 5.75 Å². The van der Waals surface area contributed by atoms with Crippen LogP contribution in [0.5, 0.6) is 5.75 Å². The van der Waals surface area contributed by atoms with Crippen LogP contribution >= 0.6 is 0 Å². The second-order valence-electron chi connectivity index (χ2n) is 10.6. The molecule has 0 spiro atoms. The predicted molar refractivity (Wildman–Crippen MR) is 146 cm³/mol. The van der Waals surface area contributed by atoms with Gasteiger partial charge in [-0.25, -0.2) is 0 Å². The first kappa shape index (κ1) is 29.7. The molecule has 1 aliphatic carbocycles. The largest absolute Gasteiger partial charge is 0.573 e. The van der Waals surface area contributed by atoms with Gasteiger partial charge in [0.25, 0.3) is 0 Å². The Morgan fingerprint density at radius 3 is 2.30 bits per heavy atom. The molecule has 1 saturated heterocycles. The molecule has 2 fully saturated rings. The lowest BCUT2D eigenvalue weighted by molar-refractivity contribution is -0.274. The summed E-state index contributed by atoms with van der Waals surface area (Å²) in [5.74, 6) is -0.496. The SMILES string of the molecule is O=C(NC(CNc1ccc(OC(F)(F)F)cc1)c1ccccc1)C(CC(=O)N1CCOCC1)CC1CCCCC1. The normalized spacial score (nSPS) is 18.0. The number of hydrogen-bond acceptors (Lipinski definition) is 5. The monoisotopic (exact) mass is 561 g/mol. The van der Waals surface area contributed by atoms with E-state index in [1.165, 1.54) is 30.7 Å². The Hall–Kier alpha value is -3.27. The summed E-state index contributed by atoms with van der Waals surface area (Å²) in [6, 6.07) is 14.6. The van der Waals surface area contributed by atoms with Crippen molar-refractivity contribution < 1.29 is 32.2 Å². The van der Waals surface area contributed by atoms with E-state index in [4.69, 9.17) is 4.74 Å². The zero-order chi connectivity index (χ0) is 28.4. The molecule has 40 heavy (non-hydrogen) atoms. The standard InChI is InChI=1S/C30H38F3N3O4/c31-30(32,33)40-26-13-11-25(12-14-26)34-21-27(23-9-5-2-6-10-23)35-29(38)24(19-22-7-3-1-4-8-22)20-28(37)36-15-17-39-18-16-36/h2,5-6,9-14,22,24,27,34H,1,3-4,7-8,15-21H2,(H,35,38). The summed E-state index contributed by atoms with van der Waals surface area (Å²) in [5.41, 5.74) is 1.47. The van der Waals surface area contributed by atoms with E-state index in [-0.39, 0.29) is 24.0 Å². The highest BCUT2D eigenvalue weighted by molar-refractivity contribution is 5.86. The number of benzene rings is 2. The third-order valence-electron chi connectivity index (χ3n) is 7.61. The number of hydrogen-bond donors (Lipinski definition) is 2. The fourth-order valence-corrected chi connectivity index (χ4v) is 5.48. The number of rotatable bonds is 11. The van der Waals surface area contributed by atoms with Gasteiger partial charge in [-0.15, -0.1) is 13.2 Å². The van der Waals surface area contributed by atoms with Gasteiger partial charge in [0, 0.05) is 37.7 Å². The van der Waals surface area contributed by atoms with Crippen LogP contribution in [-0.4, -0.2) is 55.9 Å². The van der Waals surface area contributed by atoms with Crippen LogP contribution in [0.3, 0.4) is 0 Å². The second kappa shape index (κ2) is 14.4. The number of ether oxygens (including phenoxy) is 2. The molecular formula is C30H38F3N3O4. The molecule has 4 rings (SSSR count). The molecule has 1 heterocycles. The van der Waals surface area contributed by atoms with Crippen molar-refractivity contribution in [3.63, 3.8) is 0 Å². The van der Waals surface area contributed by atoms with Crippen molar-refractivity contribution in [2.75, 3.05) is 38.2 Å². The van der Waals surface area contributed by atoms with Gasteiger partial charge in [0.05, 0.1) is 19.3 Å². The van der Waals surface area contributed by atoms with E-state index in [0.717, 1.165) is 31.2 Å². The fourth-order valence-electron chi connectivity index (χ4n) is 5.48. The molecule has 1 aliphatic heterocycles. The third kappa shape index (κ3) is 9.43. The fraction of sp³-hybridized carbons (Fsp3) is 0.533. The van der Waals surface area contributed by atoms with Crippen LogP contribution < -0.4 is 15.4 Å². The zero-order valence-corrected chi connectivity index (χ0v) is 22.6. The summed E-state index contributed by atoms with van der Waals surface area (Å²) in [6.07, 6.45) is 1.76. The first-order chi connectivity index (χ1) is 19.3. The van der Waals surface area contributed by atoms with Crippen molar-refractivity contribution in [1.82, 2.24) is 10.2 Å². The van der Waals surface area contributed by atoms with Gasteiger partial charge >= 0.3 is 6.36 Å². The lowest BCUT2D eigenvalue weighted by Crippen LogP contribution is -2.44. The molecule has 0 aromatic heterocycles. The van der Waals surface area contributed by atoms with E-state index in [2.05, 4.69) is 15.4 Å². The summed E-state index contributed by atoms with van der Waals surface area (Å²) in [5, 5.41) is 6.38. The summed E-state index contributed by atoms with van der Waals surface area (Å²) in [7, 11) is 0. The highest BCUT2D eigenvalue weighted by Gasteiger charge is 2.32. The summed E-state index contributed by atoms with van der Waals surface area (Å²) >= 11 is 0. The first-order valence-electron chi connectivity index (χ1n) is 14.1. The minimum atomic E-state index is -4.76. The lowest BCUT2D eigenvalue weighted by atomic mass is 9.81. The average molecular weight is 562 g/mol. The summed E-state index contributed by atoms with van der Waals surface area (Å²) in [6.45, 7) is 2.41. The average Bonchev–Trinajstić information content (AvgIpc) is 2.96. The molecule has 2 aliphatic rings. The second-order valence-corrected chi connectivity index (χ2v) is 10.6. The molecule has 2 N–H and O–H groups in total. The Labute approximate surface area is 233 Å². The highest BCUT2D eigenvalue weighted by atomic mass is 19.4. The maximum absolute atomic E-state index is 13.8. The maximum Gasteiger partial charge on any atom is 0.573 e. The zero-order valence-electron chi connectivity index (χ0n) is 22.6. The van der Waals surface area contributed by atoms with Crippen molar-refractivity contribution in [2.45, 2.75) is 57.3 Å². The Bertz CT molecular complexity index is 1070. The number of carbonyl (C=O) groups is 2. The predicted octanol–water partition coefficient (Wildman–Crippen LogP) is 5.69. The number of carbonyl (C=O) groups excluding carboxylic acids is 2. The summed E-state index contributed by atoms with van der Waals surface area (Å²) in [4.78, 5) is 28.7. The molecule has 218 valence electrons. The maximum atomic E-state index is 13.8. The Morgan fingerprint density at radius 2 is 1.65 bits per heavy atom. The van der Waals surface area contributed by atoms with E-state index in [9.17, 15) is 22.8 Å². The van der Waals surface area contributed by atoms with Crippen LogP contribution in [0.25, 0.3) is 0 Å². The number of halogens is 3. The smallest absolute Gasteiger partial charge is 0.406 e. The van der Waals surface area contributed by atoms with Crippen molar-refractivity contribution in [1.29, 1.82) is 0 Å². The van der Waals surface area contributed by atoms with Gasteiger partial charge in [0.2, 0.25) is 11.8 Å². The van der Waals surface area contributed by atoms with Gasteiger partial charge in [-0.2, -0.15) is 0 Å². The third-order valence-corrected chi connectivity index (χ3v) is 7.61. The van der Waals surface area contributed by atoms with Crippen LogP contribution in [0, 0.1) is 11.8 Å². The van der Waals surface area contributed by atoms with Crippen molar-refractivity contribution in [2.24, 2.45) is 11.8 Å². The van der Waals surface area contributed by atoms with Crippen LogP contribution in [0.1, 0.15) is 56.6 Å². The van der Waals surface area contributed by atoms with Crippen LogP contribution in [-0.2, 0) is 14.3 Å². The Morgan fingerprint density at radius 1 is 0.975 bits per heavy atom. The van der Waals surface area contributed by atoms with E-state index in [1.807, 2.05) is 30.3 Å². The van der Waals surface area contributed by atoms with Gasteiger partial charge in [-0.05, 0) is 42.2 Å². The number of anilines is 1. The number of amides is 2. The molecule has 7 nitrogen and oxygen atoms in total. The Balaban J connectivity index is 1.44. The molecule has 2 aromatic carbocycles. The van der Waals surface area contributed by atoms with Crippen LogP contribution in [0.4, 0.5) is 18.9 Å². The number of nitrogens with one attached hydrogen (secondary N) is 2. The number of morpholine rings is 1. The quantitative estimate of drug-likeness (QED) is 0.369. The van der Waals surface area contributed by atoms with E-state index in [1.54, 1.807) is 4.90 Å². The minimum absolute atomic E-state index is 0.0187. The van der Waals surface area contributed by atoms with Gasteiger partial charge in [-0.3, -0.25) is 9.59 Å². The van der Waals surface area contributed by atoms with E-state index in [0.29, 0.717) is 50.9 Å². The molecule has 2 amide bonds. The minimum Gasteiger partial charge on any atom is -0.406 e. The molecule has 2 atom stereocenters. The number of alkyl halides is 3. The molecule has 10 heteroatoms. The van der Waals surface area contributed by atoms with Crippen molar-refractivity contribution in [3.05, 3.63) is 60.2 Å². The van der Waals surface area contributed by atoms with Gasteiger partial charge < -0.3 is 25.0 Å². The van der Waals surface area contributed by atoms with Gasteiger partial charge in [0.1, 0.15) is 5.75 Å². The molecule has 2 aromatic rings. The van der Waals surface area contributed by atoms with Crippen LogP contribution in [0.2, 0.25) is 0 Å². The molecule has 0 bridgehead atoms. The molecular weight excluding hydrogens is 523 g/mol. The topological polar surface area (TPSA) is 79.9 Å². The summed E-state index contributed by atoms with van der Waals surface area (Å²) < 4.78 is 46.8. The molecule has 2 unspecified atom stereocenters. The number of nitrogens with zero attached hydrogens (tertiary/aromatic N) is 1. The lowest BCUT2D eigenvalue weighted by Gasteiger charge is -2.31. The highest BCUT2D eigenvalue weighted by Crippen LogP contribution is 2.31. The molecule has 0 radical (unpaired) electrons. The van der Waals surface area contributed by atoms with Gasteiger partial charge in [-0.1, -0.05) is 62.4 Å². The van der Waals surface area contributed by atoms with Crippen molar-refractivity contribution >= 4 is 17.5 Å². The van der Waals surface area contributed by atoms with Gasteiger partial charge in [0.15, 0.2) is 0 Å².